The predicted molar refractivity (Wildman–Crippen MR) is 66.4 cm³/mol. The second-order valence-electron chi connectivity index (χ2n) is 4.60. The van der Waals surface area contributed by atoms with Gasteiger partial charge < -0.3 is 14.5 Å². The normalized spacial score (nSPS) is 19.9. The number of pyridine rings is 1. The molecule has 0 aromatic carbocycles. The third-order valence-electron chi connectivity index (χ3n) is 3.38. The summed E-state index contributed by atoms with van der Waals surface area (Å²) in [5.74, 6) is 1.56. The number of ether oxygens (including phenoxy) is 1. The standard InChI is InChI=1S/C13H17N3O/c1-17-12-3-2-6-16-9-11(15-13(12)16)7-10-4-5-14-8-10/h2-3,6,9-10,14H,4-5,7-8H2,1H3. The average Bonchev–Trinajstić information content (AvgIpc) is 2.97. The Kier molecular flexibility index (Phi) is 2.73. The van der Waals surface area contributed by atoms with Crippen LogP contribution in [0.25, 0.3) is 5.65 Å². The number of hydrogen-bond donors (Lipinski definition) is 1. The monoisotopic (exact) mass is 231 g/mol. The fourth-order valence-electron chi connectivity index (χ4n) is 2.48. The Bertz CT molecular complexity index is 514. The first-order valence-corrected chi connectivity index (χ1v) is 6.08. The lowest BCUT2D eigenvalue weighted by molar-refractivity contribution is 0.417. The third kappa shape index (κ3) is 2.00. The van der Waals surface area contributed by atoms with E-state index in [2.05, 4.69) is 16.5 Å². The lowest BCUT2D eigenvalue weighted by atomic mass is 10.0. The highest BCUT2D eigenvalue weighted by atomic mass is 16.5. The lowest BCUT2D eigenvalue weighted by Crippen LogP contribution is -2.10. The molecule has 0 amide bonds. The maximum atomic E-state index is 5.32. The molecule has 4 nitrogen and oxygen atoms in total. The van der Waals surface area contributed by atoms with Gasteiger partial charge in [-0.15, -0.1) is 0 Å². The van der Waals surface area contributed by atoms with Gasteiger partial charge >= 0.3 is 0 Å². The van der Waals surface area contributed by atoms with Crippen molar-refractivity contribution in [1.29, 1.82) is 0 Å². The largest absolute Gasteiger partial charge is 0.493 e. The lowest BCUT2D eigenvalue weighted by Gasteiger charge is -2.03. The van der Waals surface area contributed by atoms with Crippen molar-refractivity contribution in [3.05, 3.63) is 30.2 Å². The van der Waals surface area contributed by atoms with Gasteiger partial charge in [0.15, 0.2) is 11.4 Å². The van der Waals surface area contributed by atoms with Crippen LogP contribution in [0.5, 0.6) is 5.75 Å². The highest BCUT2D eigenvalue weighted by Gasteiger charge is 2.16. The quantitative estimate of drug-likeness (QED) is 0.870. The van der Waals surface area contributed by atoms with E-state index in [1.54, 1.807) is 7.11 Å². The number of fused-ring (bicyclic) bond motifs is 1. The molecule has 0 saturated carbocycles. The maximum absolute atomic E-state index is 5.32. The Morgan fingerprint density at radius 2 is 2.53 bits per heavy atom. The Balaban J connectivity index is 1.90. The van der Waals surface area contributed by atoms with Crippen molar-refractivity contribution in [2.24, 2.45) is 5.92 Å². The van der Waals surface area contributed by atoms with E-state index in [0.717, 1.165) is 42.5 Å². The van der Waals surface area contributed by atoms with Gasteiger partial charge in [0, 0.05) is 12.4 Å². The smallest absolute Gasteiger partial charge is 0.179 e. The summed E-state index contributed by atoms with van der Waals surface area (Å²) in [6, 6.07) is 3.93. The average molecular weight is 231 g/mol. The van der Waals surface area contributed by atoms with Crippen LogP contribution in [0, 0.1) is 5.92 Å². The minimum atomic E-state index is 0.728. The maximum Gasteiger partial charge on any atom is 0.179 e. The van der Waals surface area contributed by atoms with E-state index in [1.807, 2.05) is 22.7 Å². The van der Waals surface area contributed by atoms with Crippen LogP contribution in [-0.4, -0.2) is 29.6 Å². The zero-order valence-corrected chi connectivity index (χ0v) is 10.0. The number of nitrogens with zero attached hydrogens (tertiary/aromatic N) is 2. The van der Waals surface area contributed by atoms with Gasteiger partial charge in [-0.1, -0.05) is 0 Å². The van der Waals surface area contributed by atoms with Gasteiger partial charge in [0.25, 0.3) is 0 Å². The Labute approximate surface area is 101 Å². The van der Waals surface area contributed by atoms with Crippen LogP contribution in [0.15, 0.2) is 24.5 Å². The fraction of sp³-hybridized carbons (Fsp3) is 0.462. The molecule has 0 bridgehead atoms. The van der Waals surface area contributed by atoms with E-state index < -0.39 is 0 Å². The van der Waals surface area contributed by atoms with E-state index >= 15 is 0 Å². The summed E-state index contributed by atoms with van der Waals surface area (Å²) in [5.41, 5.74) is 2.07. The molecule has 1 saturated heterocycles. The molecule has 0 aliphatic carbocycles. The zero-order valence-electron chi connectivity index (χ0n) is 10.0. The molecule has 1 unspecified atom stereocenters. The highest BCUT2D eigenvalue weighted by Crippen LogP contribution is 2.20. The first kappa shape index (κ1) is 10.6. The first-order chi connectivity index (χ1) is 8.36. The van der Waals surface area contributed by atoms with Gasteiger partial charge in [-0.25, -0.2) is 4.98 Å². The van der Waals surface area contributed by atoms with Crippen LogP contribution in [0.2, 0.25) is 0 Å². The van der Waals surface area contributed by atoms with E-state index in [4.69, 9.17) is 4.74 Å². The van der Waals surface area contributed by atoms with E-state index in [-0.39, 0.29) is 0 Å². The van der Waals surface area contributed by atoms with Gasteiger partial charge in [-0.2, -0.15) is 0 Å². The van der Waals surface area contributed by atoms with Crippen LogP contribution in [0.1, 0.15) is 12.1 Å². The minimum Gasteiger partial charge on any atom is -0.493 e. The molecule has 90 valence electrons. The van der Waals surface area contributed by atoms with Crippen LogP contribution < -0.4 is 10.1 Å². The molecule has 1 aliphatic heterocycles. The van der Waals surface area contributed by atoms with Crippen molar-refractivity contribution >= 4 is 5.65 Å². The van der Waals surface area contributed by atoms with E-state index in [9.17, 15) is 0 Å². The predicted octanol–water partition coefficient (Wildman–Crippen LogP) is 1.49. The summed E-state index contributed by atoms with van der Waals surface area (Å²) in [7, 11) is 1.69. The molecular formula is C13H17N3O. The van der Waals surface area contributed by atoms with Gasteiger partial charge in [-0.05, 0) is 44.0 Å². The van der Waals surface area contributed by atoms with Crippen molar-refractivity contribution in [2.45, 2.75) is 12.8 Å². The third-order valence-corrected chi connectivity index (χ3v) is 3.38. The zero-order chi connectivity index (χ0) is 11.7. The molecule has 1 aliphatic rings. The van der Waals surface area contributed by atoms with Crippen LogP contribution >= 0.6 is 0 Å². The van der Waals surface area contributed by atoms with Crippen LogP contribution in [0.3, 0.4) is 0 Å². The summed E-state index contributed by atoms with van der Waals surface area (Å²) in [5, 5.41) is 3.39. The number of imidazole rings is 1. The highest BCUT2D eigenvalue weighted by molar-refractivity contribution is 5.54. The molecule has 1 N–H and O–H groups in total. The van der Waals surface area contributed by atoms with E-state index in [0.29, 0.717) is 0 Å². The summed E-state index contributed by atoms with van der Waals surface area (Å²) < 4.78 is 7.35. The van der Waals surface area contributed by atoms with Gasteiger partial charge in [0.05, 0.1) is 12.8 Å². The van der Waals surface area contributed by atoms with Crippen LogP contribution in [-0.2, 0) is 6.42 Å². The van der Waals surface area contributed by atoms with Crippen molar-refractivity contribution in [1.82, 2.24) is 14.7 Å². The minimum absolute atomic E-state index is 0.728. The molecule has 3 heterocycles. The molecule has 2 aromatic rings. The van der Waals surface area contributed by atoms with Crippen molar-refractivity contribution in [3.8, 4) is 5.75 Å². The molecule has 17 heavy (non-hydrogen) atoms. The first-order valence-electron chi connectivity index (χ1n) is 6.08. The van der Waals surface area contributed by atoms with Crippen LogP contribution in [0.4, 0.5) is 0 Å². The summed E-state index contributed by atoms with van der Waals surface area (Å²) in [6.45, 7) is 2.26. The number of aromatic nitrogens is 2. The second kappa shape index (κ2) is 4.37. The van der Waals surface area contributed by atoms with Gasteiger partial charge in [0.2, 0.25) is 0 Å². The number of rotatable bonds is 3. The molecule has 2 aromatic heterocycles. The SMILES string of the molecule is COc1cccn2cc(CC3CCNC3)nc12. The Morgan fingerprint density at radius 1 is 1.59 bits per heavy atom. The Hall–Kier alpha value is -1.55. The summed E-state index contributed by atoms with van der Waals surface area (Å²) >= 11 is 0. The number of methoxy groups -OCH3 is 1. The molecule has 1 fully saturated rings. The molecule has 0 radical (unpaired) electrons. The van der Waals surface area contributed by atoms with Crippen molar-refractivity contribution < 1.29 is 4.74 Å². The number of hydrogen-bond acceptors (Lipinski definition) is 3. The molecule has 1 atom stereocenters. The molecule has 3 rings (SSSR count). The second-order valence-corrected chi connectivity index (χ2v) is 4.60. The Morgan fingerprint density at radius 3 is 3.29 bits per heavy atom. The van der Waals surface area contributed by atoms with Crippen molar-refractivity contribution in [2.75, 3.05) is 20.2 Å². The summed E-state index contributed by atoms with van der Waals surface area (Å²) in [6.07, 6.45) is 6.43. The molecule has 4 heteroatoms. The van der Waals surface area contributed by atoms with Gasteiger partial charge in [0.1, 0.15) is 0 Å². The topological polar surface area (TPSA) is 38.6 Å². The molecule has 0 spiro atoms. The fourth-order valence-corrected chi connectivity index (χ4v) is 2.48. The number of nitrogens with one attached hydrogen (secondary N) is 1. The summed E-state index contributed by atoms with van der Waals surface area (Å²) in [4.78, 5) is 4.66. The molecular weight excluding hydrogens is 214 g/mol. The van der Waals surface area contributed by atoms with Crippen molar-refractivity contribution in [3.63, 3.8) is 0 Å². The van der Waals surface area contributed by atoms with E-state index in [1.165, 1.54) is 6.42 Å². The van der Waals surface area contributed by atoms with Gasteiger partial charge in [-0.3, -0.25) is 0 Å².